The number of carbonyl (C=O) groups is 1. The molecule has 0 atom stereocenters. The normalized spacial score (nSPS) is 9.92. The first-order chi connectivity index (χ1) is 5.52. The third-order valence-corrected chi connectivity index (χ3v) is 2.94. The van der Waals surface area contributed by atoms with Crippen LogP contribution in [-0.4, -0.2) is 10.9 Å². The summed E-state index contributed by atoms with van der Waals surface area (Å²) in [5.74, 6) is 0.0811. The van der Waals surface area contributed by atoms with Crippen LogP contribution in [0.1, 0.15) is 17.3 Å². The van der Waals surface area contributed by atoms with Crippen LogP contribution in [0.4, 0.5) is 0 Å². The lowest BCUT2D eigenvalue weighted by Crippen LogP contribution is -1.93. The van der Waals surface area contributed by atoms with Gasteiger partial charge in [-0.25, -0.2) is 0 Å². The van der Waals surface area contributed by atoms with Crippen molar-refractivity contribution in [3.63, 3.8) is 0 Å². The van der Waals surface area contributed by atoms with E-state index >= 15 is 0 Å². The lowest BCUT2D eigenvalue weighted by atomic mass is 10.1. The lowest BCUT2D eigenvalue weighted by molar-refractivity contribution is 0.101. The van der Waals surface area contributed by atoms with Crippen LogP contribution in [0, 0.1) is 3.57 Å². The topological polar surface area (TPSA) is 37.3 Å². The number of rotatable bonds is 1. The Morgan fingerprint density at radius 2 is 2.17 bits per heavy atom. The third kappa shape index (κ3) is 1.98. The minimum Gasteiger partial charge on any atom is -0.507 e. The maximum atomic E-state index is 11.0. The second kappa shape index (κ2) is 3.74. The van der Waals surface area contributed by atoms with Gasteiger partial charge in [-0.2, -0.15) is 0 Å². The molecule has 0 fully saturated rings. The number of benzene rings is 1. The maximum Gasteiger partial charge on any atom is 0.161 e. The number of carbonyl (C=O) groups excluding carboxylic acids is 1. The van der Waals surface area contributed by atoms with Crippen LogP contribution < -0.4 is 0 Å². The van der Waals surface area contributed by atoms with Crippen molar-refractivity contribution in [1.82, 2.24) is 0 Å². The second-order valence-electron chi connectivity index (χ2n) is 2.34. The summed E-state index contributed by atoms with van der Waals surface area (Å²) in [4.78, 5) is 11.0. The minimum absolute atomic E-state index is 0.0615. The maximum absolute atomic E-state index is 11.0. The summed E-state index contributed by atoms with van der Waals surface area (Å²) in [6.45, 7) is 1.46. The predicted octanol–water partition coefficient (Wildman–Crippen LogP) is 2.96. The molecule has 1 rings (SSSR count). The van der Waals surface area contributed by atoms with Gasteiger partial charge in [0.1, 0.15) is 5.75 Å². The van der Waals surface area contributed by atoms with E-state index in [9.17, 15) is 9.90 Å². The van der Waals surface area contributed by atoms with E-state index in [0.717, 1.165) is 8.04 Å². The standard InChI is InChI=1S/C8H6BrIO2/c1-4(11)5-2-8(12)7(10)3-6(5)9/h2-3,12H,1H3. The SMILES string of the molecule is CC(=O)c1cc(O)c(I)cc1Br. The summed E-state index contributed by atoms with van der Waals surface area (Å²) in [6.07, 6.45) is 0. The van der Waals surface area contributed by atoms with Gasteiger partial charge >= 0.3 is 0 Å². The van der Waals surface area contributed by atoms with Crippen LogP contribution in [0.15, 0.2) is 16.6 Å². The molecule has 0 spiro atoms. The highest BCUT2D eigenvalue weighted by Crippen LogP contribution is 2.27. The number of ketones is 1. The first-order valence-corrected chi connectivity index (χ1v) is 5.08. The molecule has 0 aliphatic rings. The van der Waals surface area contributed by atoms with Gasteiger partial charge in [-0.1, -0.05) is 15.9 Å². The van der Waals surface area contributed by atoms with Crippen molar-refractivity contribution in [3.05, 3.63) is 25.7 Å². The number of halogens is 2. The van der Waals surface area contributed by atoms with Crippen molar-refractivity contribution < 1.29 is 9.90 Å². The minimum atomic E-state index is -0.0615. The summed E-state index contributed by atoms with van der Waals surface area (Å²) in [6, 6.07) is 3.18. The van der Waals surface area contributed by atoms with Crippen LogP contribution in [0.5, 0.6) is 5.75 Å². The first kappa shape index (κ1) is 9.98. The Hall–Kier alpha value is -0.100. The number of Topliss-reactive ketones (excluding diaryl/α,β-unsaturated/α-hetero) is 1. The molecule has 0 saturated heterocycles. The fourth-order valence-corrected chi connectivity index (χ4v) is 2.32. The number of phenols is 1. The lowest BCUT2D eigenvalue weighted by Gasteiger charge is -2.02. The third-order valence-electron chi connectivity index (χ3n) is 1.42. The summed E-state index contributed by atoms with van der Waals surface area (Å²) in [5.41, 5.74) is 0.507. The van der Waals surface area contributed by atoms with Crippen molar-refractivity contribution in [1.29, 1.82) is 0 Å². The molecule has 0 bridgehead atoms. The fraction of sp³-hybridized carbons (Fsp3) is 0.125. The second-order valence-corrected chi connectivity index (χ2v) is 4.36. The molecular formula is C8H6BrIO2. The van der Waals surface area contributed by atoms with Crippen LogP contribution in [-0.2, 0) is 0 Å². The van der Waals surface area contributed by atoms with Crippen molar-refractivity contribution in [2.24, 2.45) is 0 Å². The molecule has 0 radical (unpaired) electrons. The highest BCUT2D eigenvalue weighted by Gasteiger charge is 2.08. The number of hydrogen-bond acceptors (Lipinski definition) is 2. The molecule has 0 saturated carbocycles. The Balaban J connectivity index is 3.33. The van der Waals surface area contributed by atoms with E-state index in [2.05, 4.69) is 15.9 Å². The molecule has 1 N–H and O–H groups in total. The van der Waals surface area contributed by atoms with Gasteiger partial charge in [-0.05, 0) is 41.6 Å². The average Bonchev–Trinajstić information content (AvgIpc) is 1.96. The van der Waals surface area contributed by atoms with E-state index in [1.165, 1.54) is 13.0 Å². The largest absolute Gasteiger partial charge is 0.507 e. The average molecular weight is 341 g/mol. The van der Waals surface area contributed by atoms with Gasteiger partial charge in [-0.15, -0.1) is 0 Å². The number of phenolic OH excluding ortho intramolecular Hbond substituents is 1. The fourth-order valence-electron chi connectivity index (χ4n) is 0.807. The first-order valence-electron chi connectivity index (χ1n) is 3.21. The Bertz CT molecular complexity index is 336. The highest BCUT2D eigenvalue weighted by molar-refractivity contribution is 14.1. The quantitative estimate of drug-likeness (QED) is 0.630. The van der Waals surface area contributed by atoms with Gasteiger partial charge in [-0.3, -0.25) is 4.79 Å². The van der Waals surface area contributed by atoms with Gasteiger partial charge in [0.25, 0.3) is 0 Å². The van der Waals surface area contributed by atoms with Crippen LogP contribution in [0.2, 0.25) is 0 Å². The summed E-state index contributed by atoms with van der Waals surface area (Å²) in [7, 11) is 0. The summed E-state index contributed by atoms with van der Waals surface area (Å²) in [5, 5.41) is 9.29. The van der Waals surface area contributed by atoms with Gasteiger partial charge in [0.2, 0.25) is 0 Å². The van der Waals surface area contributed by atoms with Crippen molar-refractivity contribution in [2.45, 2.75) is 6.92 Å². The molecule has 0 aliphatic carbocycles. The summed E-state index contributed by atoms with van der Waals surface area (Å²) >= 11 is 5.24. The molecule has 1 aromatic carbocycles. The van der Waals surface area contributed by atoms with Crippen LogP contribution in [0.3, 0.4) is 0 Å². The molecule has 0 amide bonds. The van der Waals surface area contributed by atoms with Crippen molar-refractivity contribution in [3.8, 4) is 5.75 Å². The van der Waals surface area contributed by atoms with E-state index in [4.69, 9.17) is 0 Å². The molecule has 0 unspecified atom stereocenters. The van der Waals surface area contributed by atoms with Gasteiger partial charge < -0.3 is 5.11 Å². The van der Waals surface area contributed by atoms with E-state index in [0.29, 0.717) is 5.56 Å². The monoisotopic (exact) mass is 340 g/mol. The molecule has 1 aromatic rings. The van der Waals surface area contributed by atoms with Crippen molar-refractivity contribution in [2.75, 3.05) is 0 Å². The molecule has 0 aliphatic heterocycles. The zero-order valence-electron chi connectivity index (χ0n) is 6.27. The molecule has 64 valence electrons. The van der Waals surface area contributed by atoms with Gasteiger partial charge in [0.15, 0.2) is 5.78 Å². The van der Waals surface area contributed by atoms with E-state index in [1.54, 1.807) is 6.07 Å². The van der Waals surface area contributed by atoms with Crippen LogP contribution >= 0.6 is 38.5 Å². The molecular weight excluding hydrogens is 335 g/mol. The Morgan fingerprint density at radius 3 is 2.67 bits per heavy atom. The molecule has 0 heterocycles. The smallest absolute Gasteiger partial charge is 0.161 e. The zero-order valence-corrected chi connectivity index (χ0v) is 10.0. The molecule has 4 heteroatoms. The number of aromatic hydroxyl groups is 1. The van der Waals surface area contributed by atoms with E-state index in [-0.39, 0.29) is 11.5 Å². The Labute approximate surface area is 92.2 Å². The van der Waals surface area contributed by atoms with Crippen LogP contribution in [0.25, 0.3) is 0 Å². The Morgan fingerprint density at radius 1 is 1.58 bits per heavy atom. The van der Waals surface area contributed by atoms with E-state index < -0.39 is 0 Å². The number of hydrogen-bond donors (Lipinski definition) is 1. The molecule has 0 aromatic heterocycles. The molecule has 2 nitrogen and oxygen atoms in total. The van der Waals surface area contributed by atoms with E-state index in [1.807, 2.05) is 22.6 Å². The van der Waals surface area contributed by atoms with Gasteiger partial charge in [0.05, 0.1) is 3.57 Å². The highest BCUT2D eigenvalue weighted by atomic mass is 127. The Kier molecular flexibility index (Phi) is 3.11. The summed E-state index contributed by atoms with van der Waals surface area (Å²) < 4.78 is 1.45. The zero-order chi connectivity index (χ0) is 9.30. The van der Waals surface area contributed by atoms with Gasteiger partial charge in [0, 0.05) is 10.0 Å². The predicted molar refractivity (Wildman–Crippen MR) is 58.5 cm³/mol. The van der Waals surface area contributed by atoms with Crippen molar-refractivity contribution >= 4 is 44.3 Å². The molecule has 12 heavy (non-hydrogen) atoms.